The molecule has 0 aliphatic rings. The lowest BCUT2D eigenvalue weighted by Crippen LogP contribution is -2.34. The molecule has 0 aromatic rings. The van der Waals surface area contributed by atoms with Gasteiger partial charge in [0.05, 0.1) is 13.2 Å². The molecule has 0 spiro atoms. The van der Waals surface area contributed by atoms with E-state index in [-0.39, 0.29) is 19.4 Å². The van der Waals surface area contributed by atoms with Crippen molar-refractivity contribution in [3.05, 3.63) is 72.9 Å². The molecule has 0 rings (SSSR count). The Morgan fingerprint density at radius 3 is 1.45 bits per heavy atom. The van der Waals surface area contributed by atoms with Gasteiger partial charge < -0.3 is 25.2 Å². The average Bonchev–Trinajstić information content (AvgIpc) is 3.20. The number of phosphoric acid groups is 1. The number of aliphatic carboxylic acids is 1. The number of ether oxygens (including phenoxy) is 2. The molecule has 0 saturated heterocycles. The first kappa shape index (κ1) is 54.9. The molecule has 0 saturated carbocycles. The highest BCUT2D eigenvalue weighted by Crippen LogP contribution is 2.43. The highest BCUT2D eigenvalue weighted by atomic mass is 31.2. The van der Waals surface area contributed by atoms with E-state index in [1.165, 1.54) is 57.8 Å². The Hall–Kier alpha value is -3.08. The van der Waals surface area contributed by atoms with Crippen LogP contribution in [0, 0.1) is 0 Å². The fourth-order valence-corrected chi connectivity index (χ4v) is 6.22. The third-order valence-electron chi connectivity index (χ3n) is 8.93. The minimum atomic E-state index is -4.74. The van der Waals surface area contributed by atoms with Crippen LogP contribution in [0.5, 0.6) is 0 Å². The van der Waals surface area contributed by atoms with Crippen molar-refractivity contribution in [2.24, 2.45) is 5.73 Å². The van der Waals surface area contributed by atoms with Crippen LogP contribution in [0.3, 0.4) is 0 Å². The van der Waals surface area contributed by atoms with Crippen molar-refractivity contribution < 1.29 is 47.5 Å². The van der Waals surface area contributed by atoms with Gasteiger partial charge in [-0.3, -0.25) is 23.4 Å². The monoisotopic (exact) mass is 836 g/mol. The molecular weight excluding hydrogens is 757 g/mol. The molecule has 0 aliphatic carbocycles. The number of carboxylic acids is 1. The molecule has 1 unspecified atom stereocenters. The Morgan fingerprint density at radius 2 is 0.931 bits per heavy atom. The minimum absolute atomic E-state index is 0.0809. The Morgan fingerprint density at radius 1 is 0.534 bits per heavy atom. The lowest BCUT2D eigenvalue weighted by atomic mass is 10.1. The maximum absolute atomic E-state index is 12.6. The average molecular weight is 836 g/mol. The lowest BCUT2D eigenvalue weighted by Gasteiger charge is -2.20. The van der Waals surface area contributed by atoms with E-state index in [0.29, 0.717) is 19.3 Å². The summed E-state index contributed by atoms with van der Waals surface area (Å²) >= 11 is 0. The van der Waals surface area contributed by atoms with Gasteiger partial charge in [0.15, 0.2) is 6.10 Å². The summed E-state index contributed by atoms with van der Waals surface area (Å²) in [6, 6.07) is -1.54. The van der Waals surface area contributed by atoms with Gasteiger partial charge in [0.1, 0.15) is 12.6 Å². The number of esters is 2. The quantitative estimate of drug-likeness (QED) is 0.0232. The molecule has 11 nitrogen and oxygen atoms in total. The third-order valence-corrected chi connectivity index (χ3v) is 9.88. The smallest absolute Gasteiger partial charge is 0.472 e. The fourth-order valence-electron chi connectivity index (χ4n) is 5.44. The normalized spacial score (nSPS) is 14.4. The van der Waals surface area contributed by atoms with E-state index in [1.54, 1.807) is 0 Å². The van der Waals surface area contributed by atoms with Gasteiger partial charge in [0.2, 0.25) is 0 Å². The largest absolute Gasteiger partial charge is 0.480 e. The second-order valence-corrected chi connectivity index (χ2v) is 15.9. The number of phosphoric ester groups is 1. The zero-order chi connectivity index (χ0) is 42.8. The van der Waals surface area contributed by atoms with E-state index in [0.717, 1.165) is 64.2 Å². The van der Waals surface area contributed by atoms with E-state index < -0.39 is 51.1 Å². The van der Waals surface area contributed by atoms with Crippen LogP contribution >= 0.6 is 7.82 Å². The van der Waals surface area contributed by atoms with Crippen molar-refractivity contribution in [2.45, 2.75) is 180 Å². The highest BCUT2D eigenvalue weighted by Gasteiger charge is 2.28. The summed E-state index contributed by atoms with van der Waals surface area (Å²) in [6.45, 7) is 2.68. The molecule has 0 bridgehead atoms. The van der Waals surface area contributed by atoms with Crippen LogP contribution in [0.25, 0.3) is 0 Å². The molecule has 0 aromatic carbocycles. The Bertz CT molecular complexity index is 1260. The Balaban J connectivity index is 4.50. The summed E-state index contributed by atoms with van der Waals surface area (Å²) in [4.78, 5) is 45.9. The van der Waals surface area contributed by atoms with Gasteiger partial charge in [-0.25, -0.2) is 4.57 Å². The molecule has 0 heterocycles. The predicted molar refractivity (Wildman–Crippen MR) is 235 cm³/mol. The Labute approximate surface area is 350 Å². The first-order valence-electron chi connectivity index (χ1n) is 22.0. The molecule has 58 heavy (non-hydrogen) atoms. The number of rotatable bonds is 40. The molecule has 0 fully saturated rings. The first-order valence-corrected chi connectivity index (χ1v) is 23.5. The van der Waals surface area contributed by atoms with E-state index in [2.05, 4.69) is 79.1 Å². The first-order chi connectivity index (χ1) is 28.1. The van der Waals surface area contributed by atoms with Gasteiger partial charge in [0.25, 0.3) is 0 Å². The van der Waals surface area contributed by atoms with Gasteiger partial charge in [-0.15, -0.1) is 0 Å². The molecule has 0 aliphatic heterocycles. The van der Waals surface area contributed by atoms with Crippen LogP contribution in [-0.4, -0.2) is 59.9 Å². The maximum Gasteiger partial charge on any atom is 0.472 e. The summed E-state index contributed by atoms with van der Waals surface area (Å²) < 4.78 is 32.6. The van der Waals surface area contributed by atoms with Crippen LogP contribution in [0.1, 0.15) is 168 Å². The summed E-state index contributed by atoms with van der Waals surface area (Å²) in [5, 5.41) is 8.89. The van der Waals surface area contributed by atoms with E-state index >= 15 is 0 Å². The van der Waals surface area contributed by atoms with Crippen LogP contribution in [0.4, 0.5) is 0 Å². The van der Waals surface area contributed by atoms with Gasteiger partial charge in [-0.2, -0.15) is 0 Å². The van der Waals surface area contributed by atoms with Crippen molar-refractivity contribution in [3.8, 4) is 0 Å². The van der Waals surface area contributed by atoms with Gasteiger partial charge in [-0.05, 0) is 83.5 Å². The zero-order valence-corrected chi connectivity index (χ0v) is 36.8. The number of hydrogen-bond acceptors (Lipinski definition) is 9. The molecule has 0 aromatic heterocycles. The number of unbranched alkanes of at least 4 members (excludes halogenated alkanes) is 14. The summed E-state index contributed by atoms with van der Waals surface area (Å²) in [6.07, 6.45) is 48.3. The maximum atomic E-state index is 12.6. The van der Waals surface area contributed by atoms with E-state index in [9.17, 15) is 23.8 Å². The topological polar surface area (TPSA) is 172 Å². The lowest BCUT2D eigenvalue weighted by molar-refractivity contribution is -0.161. The van der Waals surface area contributed by atoms with Crippen molar-refractivity contribution >= 4 is 25.7 Å². The van der Waals surface area contributed by atoms with Gasteiger partial charge in [-0.1, -0.05) is 145 Å². The van der Waals surface area contributed by atoms with Crippen LogP contribution in [0.15, 0.2) is 72.9 Å². The second kappa shape index (κ2) is 40.7. The number of nitrogens with two attached hydrogens (primary N) is 1. The summed E-state index contributed by atoms with van der Waals surface area (Å²) in [5.41, 5.74) is 5.33. The van der Waals surface area contributed by atoms with Crippen LogP contribution in [-0.2, 0) is 37.5 Å². The van der Waals surface area contributed by atoms with Crippen LogP contribution in [0.2, 0.25) is 0 Å². The molecule has 0 amide bonds. The molecular formula is C46H78NO10P. The summed E-state index contributed by atoms with van der Waals surface area (Å²) in [5.74, 6) is -2.48. The summed E-state index contributed by atoms with van der Waals surface area (Å²) in [7, 11) is -4.74. The van der Waals surface area contributed by atoms with E-state index in [4.69, 9.17) is 24.8 Å². The molecule has 3 atom stereocenters. The van der Waals surface area contributed by atoms with E-state index in [1.807, 2.05) is 12.2 Å². The molecule has 4 N–H and O–H groups in total. The second-order valence-electron chi connectivity index (χ2n) is 14.5. The fraction of sp³-hybridized carbons (Fsp3) is 0.674. The Kier molecular flexibility index (Phi) is 38.5. The van der Waals surface area contributed by atoms with Crippen molar-refractivity contribution in [1.82, 2.24) is 0 Å². The zero-order valence-electron chi connectivity index (χ0n) is 35.9. The number of carboxylic acid groups (broad SMARTS) is 1. The third kappa shape index (κ3) is 39.7. The van der Waals surface area contributed by atoms with Gasteiger partial charge in [0, 0.05) is 12.8 Å². The predicted octanol–water partition coefficient (Wildman–Crippen LogP) is 11.7. The number of allylic oxidation sites excluding steroid dienone is 12. The number of hydrogen-bond donors (Lipinski definition) is 3. The van der Waals surface area contributed by atoms with Crippen molar-refractivity contribution in [3.63, 3.8) is 0 Å². The standard InChI is InChI=1S/C46H78NO10P/c1-3-5-7-9-11-13-15-17-19-21-23-25-27-29-31-33-35-37-44(48)54-39-42(40-55-58(52,53)56-41-43(47)46(50)51)57-45(49)38-36-34-32-30-28-26-24-22-20-18-16-14-12-10-8-6-4-2/h11,13,17-20,23-26,30,32,42-43H,3-10,12,14-16,21-22,27-29,31,33-41,47H2,1-2H3,(H,50,51)(H,52,53)/b13-11+,19-17+,20-18+,25-23+,26-24+,32-30+/t42-,43+/m1/s1. The van der Waals surface area contributed by atoms with Gasteiger partial charge >= 0.3 is 25.7 Å². The number of carbonyl (C=O) groups excluding carboxylic acids is 2. The molecule has 0 radical (unpaired) electrons. The van der Waals surface area contributed by atoms with Crippen molar-refractivity contribution in [1.29, 1.82) is 0 Å². The van der Waals surface area contributed by atoms with Crippen molar-refractivity contribution in [2.75, 3.05) is 19.8 Å². The SMILES string of the molecule is CCCCC/C=C/C/C=C/C/C=C/CCCCCCC(=O)OC[C@H](COP(=O)(O)OC[C@H](N)C(=O)O)OC(=O)CCC/C=C/C/C=C/C/C=C/CCCCCCCC. The highest BCUT2D eigenvalue weighted by molar-refractivity contribution is 7.47. The van der Waals surface area contributed by atoms with Crippen LogP contribution < -0.4 is 5.73 Å². The minimum Gasteiger partial charge on any atom is -0.480 e. The number of carbonyl (C=O) groups is 3. The molecule has 12 heteroatoms. The molecule has 332 valence electrons.